The second-order valence-corrected chi connectivity index (χ2v) is 5.09. The maximum atomic E-state index is 12.4. The van der Waals surface area contributed by atoms with Crippen LogP contribution in [0.4, 0.5) is 11.4 Å². The van der Waals surface area contributed by atoms with Gasteiger partial charge in [0.1, 0.15) is 0 Å². The molecule has 1 amide bonds. The van der Waals surface area contributed by atoms with Crippen molar-refractivity contribution in [3.63, 3.8) is 0 Å². The molecule has 0 radical (unpaired) electrons. The fraction of sp³-hybridized carbons (Fsp3) is 0. The van der Waals surface area contributed by atoms with Crippen LogP contribution >= 0.6 is 11.6 Å². The first-order valence-corrected chi connectivity index (χ1v) is 6.88. The average Bonchev–Trinajstić information content (AvgIpc) is 2.47. The summed E-state index contributed by atoms with van der Waals surface area (Å²) in [6.45, 7) is 0. The van der Waals surface area contributed by atoms with Gasteiger partial charge in [-0.05, 0) is 23.6 Å². The van der Waals surface area contributed by atoms with Crippen molar-refractivity contribution < 1.29 is 4.79 Å². The highest BCUT2D eigenvalue weighted by atomic mass is 35.5. The molecule has 0 saturated carbocycles. The van der Waals surface area contributed by atoms with Gasteiger partial charge < -0.3 is 11.1 Å². The topological polar surface area (TPSA) is 55.1 Å². The van der Waals surface area contributed by atoms with Crippen molar-refractivity contribution in [1.29, 1.82) is 0 Å². The molecule has 0 fully saturated rings. The van der Waals surface area contributed by atoms with Crippen molar-refractivity contribution in [2.24, 2.45) is 0 Å². The van der Waals surface area contributed by atoms with Gasteiger partial charge in [0, 0.05) is 16.8 Å². The number of nitrogen functional groups attached to an aromatic ring is 1. The molecular weight excluding hydrogens is 284 g/mol. The normalized spacial score (nSPS) is 10.5. The predicted octanol–water partition coefficient (Wildman–Crippen LogP) is 4.33. The smallest absolute Gasteiger partial charge is 0.259 e. The lowest BCUT2D eigenvalue weighted by molar-refractivity contribution is 0.102. The van der Waals surface area contributed by atoms with E-state index in [4.69, 9.17) is 17.3 Å². The summed E-state index contributed by atoms with van der Waals surface area (Å²) >= 11 is 6.07. The Bertz CT molecular complexity index is 804. The van der Waals surface area contributed by atoms with Crippen molar-refractivity contribution in [3.8, 4) is 0 Å². The Kier molecular flexibility index (Phi) is 3.50. The number of hydrogen-bond donors (Lipinski definition) is 2. The summed E-state index contributed by atoms with van der Waals surface area (Å²) in [5.41, 5.74) is 7.24. The van der Waals surface area contributed by atoms with Crippen LogP contribution in [-0.4, -0.2) is 5.91 Å². The number of nitrogens with two attached hydrogens (primary N) is 1. The van der Waals surface area contributed by atoms with E-state index in [1.165, 1.54) is 0 Å². The van der Waals surface area contributed by atoms with Crippen molar-refractivity contribution >= 4 is 39.7 Å². The van der Waals surface area contributed by atoms with Crippen molar-refractivity contribution in [3.05, 3.63) is 71.2 Å². The Labute approximate surface area is 127 Å². The Hall–Kier alpha value is -2.52. The highest BCUT2D eigenvalue weighted by Crippen LogP contribution is 2.26. The van der Waals surface area contributed by atoms with Crippen LogP contribution in [0.5, 0.6) is 0 Å². The van der Waals surface area contributed by atoms with Gasteiger partial charge in [-0.25, -0.2) is 0 Å². The van der Waals surface area contributed by atoms with E-state index in [0.717, 1.165) is 16.5 Å². The zero-order valence-electron chi connectivity index (χ0n) is 11.1. The van der Waals surface area contributed by atoms with Gasteiger partial charge in [0.05, 0.1) is 10.6 Å². The quantitative estimate of drug-likeness (QED) is 0.692. The molecule has 0 heterocycles. The van der Waals surface area contributed by atoms with Crippen molar-refractivity contribution in [1.82, 2.24) is 0 Å². The number of amides is 1. The number of benzene rings is 3. The first-order chi connectivity index (χ1) is 10.2. The molecule has 0 bridgehead atoms. The zero-order chi connectivity index (χ0) is 14.8. The summed E-state index contributed by atoms with van der Waals surface area (Å²) in [4.78, 5) is 12.4. The second kappa shape index (κ2) is 5.46. The number of carbonyl (C=O) groups excluding carboxylic acids is 1. The minimum Gasteiger partial charge on any atom is -0.398 e. The molecule has 3 N–H and O–H groups in total. The Morgan fingerprint density at radius 1 is 0.952 bits per heavy atom. The molecule has 0 aliphatic rings. The van der Waals surface area contributed by atoms with Crippen LogP contribution in [0.15, 0.2) is 60.7 Å². The number of nitrogens with one attached hydrogen (secondary N) is 1. The van der Waals surface area contributed by atoms with Crippen molar-refractivity contribution in [2.45, 2.75) is 0 Å². The summed E-state index contributed by atoms with van der Waals surface area (Å²) in [6, 6.07) is 18.6. The summed E-state index contributed by atoms with van der Waals surface area (Å²) in [5.74, 6) is -0.311. The third-order valence-corrected chi connectivity index (χ3v) is 3.63. The van der Waals surface area contributed by atoms with E-state index in [-0.39, 0.29) is 5.91 Å². The first kappa shape index (κ1) is 13.5. The average molecular weight is 297 g/mol. The van der Waals surface area contributed by atoms with E-state index in [9.17, 15) is 4.79 Å². The van der Waals surface area contributed by atoms with Gasteiger partial charge in [0.15, 0.2) is 0 Å². The molecule has 3 aromatic carbocycles. The van der Waals surface area contributed by atoms with Gasteiger partial charge in [-0.1, -0.05) is 54.1 Å². The van der Waals surface area contributed by atoms with Gasteiger partial charge in [-0.3, -0.25) is 4.79 Å². The molecule has 3 aromatic rings. The minimum atomic E-state index is -0.311. The lowest BCUT2D eigenvalue weighted by atomic mass is 10.1. The summed E-state index contributed by atoms with van der Waals surface area (Å²) < 4.78 is 0. The molecule has 0 atom stereocenters. The van der Waals surface area contributed by atoms with Crippen LogP contribution in [0, 0.1) is 0 Å². The fourth-order valence-corrected chi connectivity index (χ4v) is 2.57. The molecule has 0 aromatic heterocycles. The Balaban J connectivity index is 2.01. The van der Waals surface area contributed by atoms with E-state index >= 15 is 0 Å². The SMILES string of the molecule is Nc1cccc(Cl)c1C(=O)Nc1cccc2ccccc12. The third-order valence-electron chi connectivity index (χ3n) is 3.31. The standard InChI is InChI=1S/C17H13ClN2O/c18-13-8-4-9-14(19)16(13)17(21)20-15-10-3-6-11-5-1-2-7-12(11)15/h1-10H,19H2,(H,20,21). The number of halogens is 1. The molecule has 3 nitrogen and oxygen atoms in total. The van der Waals surface area contributed by atoms with E-state index < -0.39 is 0 Å². The number of carbonyl (C=O) groups is 1. The van der Waals surface area contributed by atoms with Gasteiger partial charge in [0.25, 0.3) is 5.91 Å². The van der Waals surface area contributed by atoms with Crippen LogP contribution in [-0.2, 0) is 0 Å². The molecule has 3 rings (SSSR count). The fourth-order valence-electron chi connectivity index (χ4n) is 2.30. The zero-order valence-corrected chi connectivity index (χ0v) is 11.9. The molecule has 104 valence electrons. The van der Waals surface area contributed by atoms with Crippen LogP contribution in [0.1, 0.15) is 10.4 Å². The third kappa shape index (κ3) is 2.56. The summed E-state index contributed by atoms with van der Waals surface area (Å²) in [6.07, 6.45) is 0. The van der Waals surface area contributed by atoms with Gasteiger partial charge in [-0.2, -0.15) is 0 Å². The predicted molar refractivity (Wildman–Crippen MR) is 87.8 cm³/mol. The highest BCUT2D eigenvalue weighted by Gasteiger charge is 2.14. The molecular formula is C17H13ClN2O. The maximum absolute atomic E-state index is 12.4. The molecule has 4 heteroatoms. The number of anilines is 2. The summed E-state index contributed by atoms with van der Waals surface area (Å²) in [5, 5.41) is 5.25. The highest BCUT2D eigenvalue weighted by molar-refractivity contribution is 6.35. The van der Waals surface area contributed by atoms with E-state index in [2.05, 4.69) is 5.32 Å². The minimum absolute atomic E-state index is 0.298. The molecule has 0 aliphatic carbocycles. The van der Waals surface area contributed by atoms with Crippen LogP contribution in [0.25, 0.3) is 10.8 Å². The second-order valence-electron chi connectivity index (χ2n) is 4.68. The van der Waals surface area contributed by atoms with E-state index in [1.54, 1.807) is 18.2 Å². The van der Waals surface area contributed by atoms with Gasteiger partial charge >= 0.3 is 0 Å². The van der Waals surface area contributed by atoms with Crippen LogP contribution < -0.4 is 11.1 Å². The molecule has 0 spiro atoms. The maximum Gasteiger partial charge on any atom is 0.259 e. The number of fused-ring (bicyclic) bond motifs is 1. The number of hydrogen-bond acceptors (Lipinski definition) is 2. The molecule has 0 aliphatic heterocycles. The van der Waals surface area contributed by atoms with Gasteiger partial charge in [0.2, 0.25) is 0 Å². The lowest BCUT2D eigenvalue weighted by Crippen LogP contribution is -2.14. The lowest BCUT2D eigenvalue weighted by Gasteiger charge is -2.11. The molecule has 0 unspecified atom stereocenters. The number of rotatable bonds is 2. The first-order valence-electron chi connectivity index (χ1n) is 6.50. The molecule has 0 saturated heterocycles. The largest absolute Gasteiger partial charge is 0.398 e. The Morgan fingerprint density at radius 2 is 1.67 bits per heavy atom. The van der Waals surface area contributed by atoms with Gasteiger partial charge in [-0.15, -0.1) is 0 Å². The molecule has 21 heavy (non-hydrogen) atoms. The van der Waals surface area contributed by atoms with Crippen LogP contribution in [0.2, 0.25) is 5.02 Å². The Morgan fingerprint density at radius 3 is 2.48 bits per heavy atom. The summed E-state index contributed by atoms with van der Waals surface area (Å²) in [7, 11) is 0. The monoisotopic (exact) mass is 296 g/mol. The van der Waals surface area contributed by atoms with E-state index in [0.29, 0.717) is 16.3 Å². The van der Waals surface area contributed by atoms with E-state index in [1.807, 2.05) is 42.5 Å². The van der Waals surface area contributed by atoms with Crippen LogP contribution in [0.3, 0.4) is 0 Å². The van der Waals surface area contributed by atoms with Crippen molar-refractivity contribution in [2.75, 3.05) is 11.1 Å².